The molecule has 2 aliphatic heterocycles. The van der Waals surface area contributed by atoms with E-state index in [1.165, 1.54) is 43.6 Å². The minimum absolute atomic E-state index is 0.901. The van der Waals surface area contributed by atoms with Crippen LogP contribution in [0, 0.1) is 0 Å². The molecule has 0 atom stereocenters. The normalized spacial score (nSPS) is 15.0. The van der Waals surface area contributed by atoms with E-state index >= 15 is 4.21 Å². The molecule has 0 saturated carbocycles. The smallest absolute Gasteiger partial charge is 0.0548 e. The van der Waals surface area contributed by atoms with Crippen molar-refractivity contribution in [2.75, 3.05) is 0 Å². The summed E-state index contributed by atoms with van der Waals surface area (Å²) in [7, 11) is -3.92. The minimum atomic E-state index is -3.92. The summed E-state index contributed by atoms with van der Waals surface area (Å²) in [6.07, 6.45) is 0. The Balaban J connectivity index is 1.03. The molecule has 2 aromatic heterocycles. The van der Waals surface area contributed by atoms with Crippen molar-refractivity contribution in [3.05, 3.63) is 206 Å². The lowest BCUT2D eigenvalue weighted by Crippen LogP contribution is -2.29. The highest BCUT2D eigenvalue weighted by Gasteiger charge is 2.57. The summed E-state index contributed by atoms with van der Waals surface area (Å²) >= 11 is 0. The van der Waals surface area contributed by atoms with Crippen LogP contribution in [0.15, 0.2) is 226 Å². The molecule has 0 aliphatic carbocycles. The van der Waals surface area contributed by atoms with Gasteiger partial charge in [-0.05, 0) is 101 Å². The van der Waals surface area contributed by atoms with E-state index in [1.807, 2.05) is 18.2 Å². The zero-order chi connectivity index (χ0) is 38.2. The van der Waals surface area contributed by atoms with Crippen molar-refractivity contribution in [3.8, 4) is 44.8 Å². The second kappa shape index (κ2) is 11.2. The number of nitrogens with zero attached hydrogens (tertiary/aromatic N) is 2. The third-order valence-corrected chi connectivity index (χ3v) is 17.6. The van der Waals surface area contributed by atoms with Crippen LogP contribution in [0.1, 0.15) is 0 Å². The largest absolute Gasteiger partial charge is 0.309 e. The standard InChI is InChI=1S/C54H34N2OS/c57-58(50-25-11-6-19-41(50)42-20-7-12-26-51(42)58)52-27-13-8-21-43(52)54-38(22-14-28-53(54)58)35-29-31-37(32-30-35)56-47-24-10-5-18-40(47)45-33-48-44(34-49(45)56)39-17-4-9-23-46(39)55(48)36-15-2-1-3-16-36/h1-34H. The molecule has 0 radical (unpaired) electrons. The predicted octanol–water partition coefficient (Wildman–Crippen LogP) is 13.9. The fraction of sp³-hybridized carbons (Fsp3) is 0. The molecule has 4 heterocycles. The van der Waals surface area contributed by atoms with Gasteiger partial charge in [0.1, 0.15) is 0 Å². The first-order valence-corrected chi connectivity index (χ1v) is 21.8. The zero-order valence-electron chi connectivity index (χ0n) is 31.3. The van der Waals surface area contributed by atoms with Crippen LogP contribution in [-0.2, 0) is 9.07 Å². The monoisotopic (exact) mass is 758 g/mol. The lowest BCUT2D eigenvalue weighted by atomic mass is 9.94. The number of aromatic nitrogens is 2. The highest BCUT2D eigenvalue weighted by Crippen LogP contribution is 2.71. The Morgan fingerprint density at radius 1 is 0.310 bits per heavy atom. The summed E-state index contributed by atoms with van der Waals surface area (Å²) in [5, 5.41) is 4.90. The molecule has 13 rings (SSSR count). The Hall–Kier alpha value is -7.27. The molecule has 58 heavy (non-hydrogen) atoms. The van der Waals surface area contributed by atoms with Gasteiger partial charge in [0.05, 0.1) is 22.1 Å². The zero-order valence-corrected chi connectivity index (χ0v) is 32.2. The number of hydrogen-bond donors (Lipinski definition) is 0. The molecule has 4 heteroatoms. The maximum absolute atomic E-state index is 17.0. The van der Waals surface area contributed by atoms with Crippen molar-refractivity contribution in [2.24, 2.45) is 0 Å². The fourth-order valence-corrected chi connectivity index (χ4v) is 15.7. The van der Waals surface area contributed by atoms with Crippen LogP contribution in [0.2, 0.25) is 0 Å². The maximum atomic E-state index is 17.0. The van der Waals surface area contributed by atoms with Gasteiger partial charge in [-0.25, -0.2) is 0 Å². The first-order chi connectivity index (χ1) is 28.6. The summed E-state index contributed by atoms with van der Waals surface area (Å²) in [5.74, 6) is 0. The highest BCUT2D eigenvalue weighted by atomic mass is 32.3. The van der Waals surface area contributed by atoms with Gasteiger partial charge in [-0.15, -0.1) is 0 Å². The molecule has 0 unspecified atom stereocenters. The second-order valence-corrected chi connectivity index (χ2v) is 19.2. The Morgan fingerprint density at radius 2 is 0.741 bits per heavy atom. The van der Waals surface area contributed by atoms with E-state index in [0.29, 0.717) is 0 Å². The number of fused-ring (bicyclic) bond motifs is 16. The van der Waals surface area contributed by atoms with Crippen LogP contribution >= 0.6 is 0 Å². The van der Waals surface area contributed by atoms with Crippen molar-refractivity contribution < 1.29 is 4.21 Å². The molecule has 1 spiro atoms. The van der Waals surface area contributed by atoms with E-state index in [-0.39, 0.29) is 0 Å². The van der Waals surface area contributed by atoms with Crippen molar-refractivity contribution in [2.45, 2.75) is 19.6 Å². The topological polar surface area (TPSA) is 26.9 Å². The molecule has 0 bridgehead atoms. The molecular weight excluding hydrogens is 725 g/mol. The number of rotatable bonds is 3. The summed E-state index contributed by atoms with van der Waals surface area (Å²) in [4.78, 5) is 3.62. The first-order valence-electron chi connectivity index (χ1n) is 19.8. The molecule has 272 valence electrons. The van der Waals surface area contributed by atoms with Gasteiger partial charge in [0, 0.05) is 67.1 Å². The van der Waals surface area contributed by atoms with E-state index in [2.05, 4.69) is 197 Å². The van der Waals surface area contributed by atoms with Gasteiger partial charge in [-0.3, -0.25) is 4.21 Å². The van der Waals surface area contributed by atoms with Crippen molar-refractivity contribution in [1.82, 2.24) is 9.13 Å². The number of para-hydroxylation sites is 3. The summed E-state index contributed by atoms with van der Waals surface area (Å²) < 4.78 is 21.8. The van der Waals surface area contributed by atoms with Gasteiger partial charge in [-0.1, -0.05) is 133 Å². The van der Waals surface area contributed by atoms with Gasteiger partial charge in [-0.2, -0.15) is 0 Å². The van der Waals surface area contributed by atoms with Crippen LogP contribution in [0.3, 0.4) is 0 Å². The Bertz CT molecular complexity index is 3580. The van der Waals surface area contributed by atoms with Gasteiger partial charge >= 0.3 is 0 Å². The maximum Gasteiger partial charge on any atom is 0.0548 e. The fourth-order valence-electron chi connectivity index (χ4n) is 10.5. The van der Waals surface area contributed by atoms with E-state index < -0.39 is 9.07 Å². The molecule has 0 N–H and O–H groups in total. The van der Waals surface area contributed by atoms with Crippen LogP contribution in [0.5, 0.6) is 0 Å². The number of hydrogen-bond acceptors (Lipinski definition) is 1. The third-order valence-electron chi connectivity index (χ3n) is 12.8. The van der Waals surface area contributed by atoms with Crippen molar-refractivity contribution >= 4 is 52.7 Å². The minimum Gasteiger partial charge on any atom is -0.309 e. The van der Waals surface area contributed by atoms with Gasteiger partial charge in [0.25, 0.3) is 0 Å². The summed E-state index contributed by atoms with van der Waals surface area (Å²) in [6, 6.07) is 73.3. The SMILES string of the molecule is O=S12(c3ccccc3-c3ccccc31)c1ccccc1-c1c(-c3ccc(-n4c5ccccc5c5cc6c(cc54)c4ccccc4n6-c4ccccc4)cc3)cccc12. The average molecular weight is 759 g/mol. The van der Waals surface area contributed by atoms with E-state index in [9.17, 15) is 0 Å². The molecule has 11 aromatic rings. The van der Waals surface area contributed by atoms with E-state index in [1.54, 1.807) is 0 Å². The second-order valence-electron chi connectivity index (χ2n) is 15.6. The highest BCUT2D eigenvalue weighted by molar-refractivity contribution is 8.21. The van der Waals surface area contributed by atoms with Crippen LogP contribution in [0.4, 0.5) is 0 Å². The lowest BCUT2D eigenvalue weighted by Gasteiger charge is -2.38. The molecule has 0 fully saturated rings. The first kappa shape index (κ1) is 31.9. The predicted molar refractivity (Wildman–Crippen MR) is 239 cm³/mol. The van der Waals surface area contributed by atoms with Crippen LogP contribution < -0.4 is 0 Å². The van der Waals surface area contributed by atoms with Gasteiger partial charge < -0.3 is 9.13 Å². The number of benzene rings is 9. The van der Waals surface area contributed by atoms with Crippen LogP contribution in [-0.4, -0.2) is 13.3 Å². The third kappa shape index (κ3) is 3.76. The molecular formula is C54H34N2OS. The Labute approximate surface area is 335 Å². The van der Waals surface area contributed by atoms with E-state index in [4.69, 9.17) is 0 Å². The average Bonchev–Trinajstić information content (AvgIpc) is 3.95. The van der Waals surface area contributed by atoms with Crippen molar-refractivity contribution in [3.63, 3.8) is 0 Å². The van der Waals surface area contributed by atoms with Gasteiger partial charge in [0.2, 0.25) is 0 Å². The van der Waals surface area contributed by atoms with Gasteiger partial charge in [0.15, 0.2) is 0 Å². The van der Waals surface area contributed by atoms with Crippen LogP contribution in [0.25, 0.3) is 88.4 Å². The Kier molecular flexibility index (Phi) is 6.15. The molecule has 3 nitrogen and oxygen atoms in total. The summed E-state index contributed by atoms with van der Waals surface area (Å²) in [6.45, 7) is 0. The molecule has 0 saturated heterocycles. The molecule has 2 aliphatic rings. The summed E-state index contributed by atoms with van der Waals surface area (Å²) in [5.41, 5.74) is 13.4. The molecule has 0 amide bonds. The van der Waals surface area contributed by atoms with E-state index in [0.717, 1.165) is 64.3 Å². The quantitative estimate of drug-likeness (QED) is 0.176. The van der Waals surface area contributed by atoms with Crippen molar-refractivity contribution in [1.29, 1.82) is 0 Å². The Morgan fingerprint density at radius 3 is 1.33 bits per heavy atom. The molecule has 9 aromatic carbocycles. The lowest BCUT2D eigenvalue weighted by molar-refractivity contribution is 0.658.